The van der Waals surface area contributed by atoms with E-state index in [4.69, 9.17) is 14.5 Å². The first-order chi connectivity index (χ1) is 12.6. The number of carbonyl (C=O) groups is 3. The van der Waals surface area contributed by atoms with Gasteiger partial charge >= 0.3 is 22.5 Å². The summed E-state index contributed by atoms with van der Waals surface area (Å²) < 4.78 is 34.7. The summed E-state index contributed by atoms with van der Waals surface area (Å²) in [6, 6.07) is -2.34. The first-order valence-corrected chi connectivity index (χ1v) is 9.67. The summed E-state index contributed by atoms with van der Waals surface area (Å²) in [6.45, 7) is 2.23. The SMILES string of the molecule is CCCN(CCONC(=O)[C@@H]1CC[C@@H]2CN1C(=O)N2OS(=O)(=O)O)C(=O)O. The van der Waals surface area contributed by atoms with E-state index in [1.807, 2.05) is 6.92 Å². The Morgan fingerprint density at radius 2 is 2.04 bits per heavy atom. The average Bonchev–Trinajstić information content (AvgIpc) is 2.81. The van der Waals surface area contributed by atoms with E-state index in [9.17, 15) is 22.8 Å². The van der Waals surface area contributed by atoms with Gasteiger partial charge in [0.1, 0.15) is 6.04 Å². The number of amides is 4. The Labute approximate surface area is 155 Å². The van der Waals surface area contributed by atoms with Gasteiger partial charge in [-0.2, -0.15) is 13.5 Å². The van der Waals surface area contributed by atoms with Crippen LogP contribution in [0.2, 0.25) is 0 Å². The van der Waals surface area contributed by atoms with Gasteiger partial charge in [0.15, 0.2) is 0 Å². The van der Waals surface area contributed by atoms with Crippen molar-refractivity contribution >= 4 is 28.4 Å². The molecule has 2 saturated heterocycles. The summed E-state index contributed by atoms with van der Waals surface area (Å²) in [7, 11) is -4.85. The number of hydrogen-bond acceptors (Lipinski definition) is 7. The molecule has 0 radical (unpaired) electrons. The van der Waals surface area contributed by atoms with Gasteiger partial charge in [-0.15, -0.1) is 4.28 Å². The molecule has 154 valence electrons. The number of nitrogens with zero attached hydrogens (tertiary/aromatic N) is 3. The molecule has 0 aromatic heterocycles. The highest BCUT2D eigenvalue weighted by Crippen LogP contribution is 2.30. The minimum atomic E-state index is -4.85. The van der Waals surface area contributed by atoms with Gasteiger partial charge in [0.05, 0.1) is 12.6 Å². The Morgan fingerprint density at radius 1 is 1.33 bits per heavy atom. The van der Waals surface area contributed by atoms with Crippen molar-refractivity contribution in [3.8, 4) is 0 Å². The maximum atomic E-state index is 12.2. The summed E-state index contributed by atoms with van der Waals surface area (Å²) >= 11 is 0. The van der Waals surface area contributed by atoms with E-state index in [0.717, 1.165) is 9.80 Å². The normalized spacial score (nSPS) is 22.1. The van der Waals surface area contributed by atoms with Crippen molar-refractivity contribution in [2.75, 3.05) is 26.2 Å². The number of urea groups is 1. The second-order valence-electron chi connectivity index (χ2n) is 6.09. The zero-order valence-corrected chi connectivity index (χ0v) is 15.4. The van der Waals surface area contributed by atoms with Crippen molar-refractivity contribution < 1.29 is 41.6 Å². The number of rotatable bonds is 9. The zero-order valence-electron chi connectivity index (χ0n) is 14.6. The van der Waals surface area contributed by atoms with Crippen molar-refractivity contribution in [2.24, 2.45) is 0 Å². The molecule has 2 atom stereocenters. The molecule has 14 heteroatoms. The highest BCUT2D eigenvalue weighted by molar-refractivity contribution is 7.80. The monoisotopic (exact) mass is 410 g/mol. The van der Waals surface area contributed by atoms with E-state index >= 15 is 0 Å². The van der Waals surface area contributed by atoms with E-state index in [-0.39, 0.29) is 26.1 Å². The number of carbonyl (C=O) groups excluding carboxylic acids is 2. The summed E-state index contributed by atoms with van der Waals surface area (Å²) in [5.74, 6) is -0.618. The molecule has 27 heavy (non-hydrogen) atoms. The third-order valence-corrected chi connectivity index (χ3v) is 4.55. The molecule has 2 fully saturated rings. The predicted octanol–water partition coefficient (Wildman–Crippen LogP) is -0.573. The van der Waals surface area contributed by atoms with Gasteiger partial charge in [-0.3, -0.25) is 14.2 Å². The van der Waals surface area contributed by atoms with Crippen molar-refractivity contribution in [3.63, 3.8) is 0 Å². The Bertz CT molecular complexity index is 685. The standard InChI is InChI=1S/C13H22N4O9S/c1-2-5-15(13(20)21)6-7-25-14-11(18)10-4-3-9-8-16(10)12(19)17(9)26-27(22,23)24/h9-10H,2-8H2,1H3,(H,14,18)(H,20,21)(H,22,23,24)/t9-,10+/m1/s1. The second kappa shape index (κ2) is 8.69. The first kappa shape index (κ1) is 21.1. The smallest absolute Gasteiger partial charge is 0.418 e. The van der Waals surface area contributed by atoms with Gasteiger partial charge in [-0.05, 0) is 19.3 Å². The molecule has 2 heterocycles. The van der Waals surface area contributed by atoms with Crippen LogP contribution in [0.15, 0.2) is 0 Å². The maximum Gasteiger partial charge on any atom is 0.418 e. The highest BCUT2D eigenvalue weighted by atomic mass is 32.3. The lowest BCUT2D eigenvalue weighted by molar-refractivity contribution is -0.139. The lowest BCUT2D eigenvalue weighted by atomic mass is 10.0. The molecular formula is C13H22N4O9S. The van der Waals surface area contributed by atoms with Crippen LogP contribution in [0.25, 0.3) is 0 Å². The van der Waals surface area contributed by atoms with E-state index in [2.05, 4.69) is 9.76 Å². The summed E-state index contributed by atoms with van der Waals surface area (Å²) in [4.78, 5) is 42.7. The fraction of sp³-hybridized carbons (Fsp3) is 0.769. The van der Waals surface area contributed by atoms with Crippen LogP contribution < -0.4 is 5.48 Å². The highest BCUT2D eigenvalue weighted by Gasteiger charge is 2.49. The average molecular weight is 410 g/mol. The second-order valence-corrected chi connectivity index (χ2v) is 7.10. The third kappa shape index (κ3) is 5.41. The van der Waals surface area contributed by atoms with Gasteiger partial charge in [0.2, 0.25) is 0 Å². The van der Waals surface area contributed by atoms with Crippen LogP contribution in [0.5, 0.6) is 0 Å². The third-order valence-electron chi connectivity index (χ3n) is 4.20. The summed E-state index contributed by atoms with van der Waals surface area (Å²) in [5, 5.41) is 9.53. The Hall–Kier alpha value is -2.16. The molecule has 2 aliphatic rings. The molecule has 13 nitrogen and oxygen atoms in total. The van der Waals surface area contributed by atoms with E-state index in [1.165, 1.54) is 0 Å². The maximum absolute atomic E-state index is 12.2. The quantitative estimate of drug-likeness (QED) is 0.256. The Kier molecular flexibility index (Phi) is 6.80. The molecule has 0 saturated carbocycles. The minimum absolute atomic E-state index is 0.0643. The van der Waals surface area contributed by atoms with Gasteiger partial charge in [-0.1, -0.05) is 6.92 Å². The molecule has 0 spiro atoms. The van der Waals surface area contributed by atoms with Gasteiger partial charge in [0, 0.05) is 19.6 Å². The fourth-order valence-electron chi connectivity index (χ4n) is 3.02. The molecule has 2 bridgehead atoms. The van der Waals surface area contributed by atoms with Crippen LogP contribution >= 0.6 is 0 Å². The Balaban J connectivity index is 1.84. The molecule has 3 N–H and O–H groups in total. The van der Waals surface area contributed by atoms with Crippen LogP contribution in [-0.2, 0) is 24.3 Å². The number of hydroxylamine groups is 3. The van der Waals surface area contributed by atoms with Crippen molar-refractivity contribution in [3.05, 3.63) is 0 Å². The molecular weight excluding hydrogens is 388 g/mol. The first-order valence-electron chi connectivity index (χ1n) is 8.30. The predicted molar refractivity (Wildman–Crippen MR) is 87.4 cm³/mol. The molecule has 0 unspecified atom stereocenters. The van der Waals surface area contributed by atoms with Crippen LogP contribution in [0, 0.1) is 0 Å². The van der Waals surface area contributed by atoms with Gasteiger partial charge < -0.3 is 14.9 Å². The van der Waals surface area contributed by atoms with E-state index < -0.39 is 40.5 Å². The van der Waals surface area contributed by atoms with Gasteiger partial charge in [-0.25, -0.2) is 15.1 Å². The summed E-state index contributed by atoms with van der Waals surface area (Å²) in [6.07, 6.45) is 0.0838. The lowest BCUT2D eigenvalue weighted by Gasteiger charge is -2.29. The van der Waals surface area contributed by atoms with E-state index in [1.54, 1.807) is 0 Å². The number of fused-ring (bicyclic) bond motifs is 2. The number of carboxylic acid groups (broad SMARTS) is 1. The largest absolute Gasteiger partial charge is 0.465 e. The minimum Gasteiger partial charge on any atom is -0.465 e. The number of piperidine rings is 1. The van der Waals surface area contributed by atoms with Gasteiger partial charge in [0.25, 0.3) is 5.91 Å². The van der Waals surface area contributed by atoms with Crippen LogP contribution in [-0.4, -0.2) is 89.3 Å². The molecule has 2 rings (SSSR count). The molecule has 2 aliphatic heterocycles. The number of hydrogen-bond donors (Lipinski definition) is 3. The van der Waals surface area contributed by atoms with Crippen molar-refractivity contribution in [2.45, 2.75) is 38.3 Å². The zero-order chi connectivity index (χ0) is 20.2. The number of nitrogens with one attached hydrogen (secondary N) is 1. The van der Waals surface area contributed by atoms with Crippen molar-refractivity contribution in [1.82, 2.24) is 20.3 Å². The van der Waals surface area contributed by atoms with E-state index in [0.29, 0.717) is 24.4 Å². The lowest BCUT2D eigenvalue weighted by Crippen LogP contribution is -2.50. The molecule has 0 aromatic carbocycles. The Morgan fingerprint density at radius 3 is 2.63 bits per heavy atom. The summed E-state index contributed by atoms with van der Waals surface area (Å²) in [5.41, 5.74) is 2.18. The molecule has 4 amide bonds. The topological polar surface area (TPSA) is 166 Å². The van der Waals surface area contributed by atoms with Crippen LogP contribution in [0.4, 0.5) is 9.59 Å². The van der Waals surface area contributed by atoms with Crippen LogP contribution in [0.3, 0.4) is 0 Å². The fourth-order valence-corrected chi connectivity index (χ4v) is 3.41. The molecule has 0 aromatic rings. The molecule has 0 aliphatic carbocycles. The van der Waals surface area contributed by atoms with Crippen LogP contribution in [0.1, 0.15) is 26.2 Å². The van der Waals surface area contributed by atoms with Crippen molar-refractivity contribution in [1.29, 1.82) is 0 Å².